The summed E-state index contributed by atoms with van der Waals surface area (Å²) in [6.07, 6.45) is 1.82. The van der Waals surface area contributed by atoms with Crippen molar-refractivity contribution in [2.75, 3.05) is 20.0 Å². The number of nitrogens with one attached hydrogen (secondary N) is 1. The second-order valence-corrected chi connectivity index (χ2v) is 6.46. The SMILES string of the molecule is C=CCSc1ccccc1C(=O)N[C@@H](C)c1cc(OC)ccc1OC. The van der Waals surface area contributed by atoms with Gasteiger partial charge in [-0.3, -0.25) is 4.79 Å². The van der Waals surface area contributed by atoms with E-state index in [1.165, 1.54) is 0 Å². The van der Waals surface area contributed by atoms with E-state index in [-0.39, 0.29) is 11.9 Å². The van der Waals surface area contributed by atoms with Crippen molar-refractivity contribution in [3.63, 3.8) is 0 Å². The highest BCUT2D eigenvalue weighted by Crippen LogP contribution is 2.30. The summed E-state index contributed by atoms with van der Waals surface area (Å²) in [5.74, 6) is 2.06. The summed E-state index contributed by atoms with van der Waals surface area (Å²) in [5, 5.41) is 3.04. The molecule has 0 bridgehead atoms. The van der Waals surface area contributed by atoms with Crippen LogP contribution in [0.15, 0.2) is 60.0 Å². The first kappa shape index (κ1) is 18.9. The molecule has 25 heavy (non-hydrogen) atoms. The maximum atomic E-state index is 12.7. The number of hydrogen-bond acceptors (Lipinski definition) is 4. The van der Waals surface area contributed by atoms with Crippen molar-refractivity contribution in [2.24, 2.45) is 0 Å². The molecule has 2 rings (SSSR count). The number of methoxy groups -OCH3 is 2. The van der Waals surface area contributed by atoms with Crippen LogP contribution in [0.5, 0.6) is 11.5 Å². The minimum atomic E-state index is -0.227. The minimum Gasteiger partial charge on any atom is -0.497 e. The van der Waals surface area contributed by atoms with Crippen LogP contribution in [0.1, 0.15) is 28.9 Å². The third-order valence-electron chi connectivity index (χ3n) is 3.74. The number of hydrogen-bond donors (Lipinski definition) is 1. The minimum absolute atomic E-state index is 0.121. The highest BCUT2D eigenvalue weighted by molar-refractivity contribution is 7.99. The fraction of sp³-hybridized carbons (Fsp3) is 0.250. The Morgan fingerprint density at radius 3 is 2.68 bits per heavy atom. The highest BCUT2D eigenvalue weighted by Gasteiger charge is 2.18. The Labute approximate surface area is 153 Å². The average Bonchev–Trinajstić information content (AvgIpc) is 2.65. The van der Waals surface area contributed by atoms with Gasteiger partial charge in [0.1, 0.15) is 11.5 Å². The monoisotopic (exact) mass is 357 g/mol. The second-order valence-electron chi connectivity index (χ2n) is 5.40. The van der Waals surface area contributed by atoms with Crippen LogP contribution in [0.2, 0.25) is 0 Å². The Kier molecular flexibility index (Phi) is 6.95. The van der Waals surface area contributed by atoms with Crippen LogP contribution in [0, 0.1) is 0 Å². The molecule has 1 atom stereocenters. The van der Waals surface area contributed by atoms with E-state index in [4.69, 9.17) is 9.47 Å². The first-order valence-corrected chi connectivity index (χ1v) is 8.94. The molecule has 132 valence electrons. The van der Waals surface area contributed by atoms with Gasteiger partial charge in [-0.2, -0.15) is 0 Å². The van der Waals surface area contributed by atoms with E-state index in [2.05, 4.69) is 11.9 Å². The molecule has 5 heteroatoms. The molecule has 2 aromatic carbocycles. The van der Waals surface area contributed by atoms with E-state index < -0.39 is 0 Å². The van der Waals surface area contributed by atoms with E-state index in [0.29, 0.717) is 11.3 Å². The zero-order valence-electron chi connectivity index (χ0n) is 14.7. The molecule has 0 saturated heterocycles. The number of carbonyl (C=O) groups excluding carboxylic acids is 1. The predicted octanol–water partition coefficient (Wildman–Crippen LogP) is 4.47. The molecule has 4 nitrogen and oxygen atoms in total. The molecule has 1 N–H and O–H groups in total. The van der Waals surface area contributed by atoms with Crippen LogP contribution in [0.3, 0.4) is 0 Å². The van der Waals surface area contributed by atoms with Crippen LogP contribution in [0.25, 0.3) is 0 Å². The van der Waals surface area contributed by atoms with Gasteiger partial charge in [0, 0.05) is 16.2 Å². The summed E-state index contributed by atoms with van der Waals surface area (Å²) in [5.41, 5.74) is 1.52. The first-order valence-electron chi connectivity index (χ1n) is 7.96. The smallest absolute Gasteiger partial charge is 0.252 e. The number of ether oxygens (including phenoxy) is 2. The van der Waals surface area contributed by atoms with Gasteiger partial charge in [0.05, 0.1) is 25.8 Å². The lowest BCUT2D eigenvalue weighted by atomic mass is 10.1. The Morgan fingerprint density at radius 1 is 1.24 bits per heavy atom. The van der Waals surface area contributed by atoms with Crippen LogP contribution >= 0.6 is 11.8 Å². The maximum absolute atomic E-state index is 12.7. The summed E-state index contributed by atoms with van der Waals surface area (Å²) < 4.78 is 10.7. The van der Waals surface area contributed by atoms with Gasteiger partial charge in [-0.25, -0.2) is 0 Å². The van der Waals surface area contributed by atoms with Gasteiger partial charge >= 0.3 is 0 Å². The van der Waals surface area contributed by atoms with Crippen molar-refractivity contribution < 1.29 is 14.3 Å². The first-order chi connectivity index (χ1) is 12.1. The summed E-state index contributed by atoms with van der Waals surface area (Å²) >= 11 is 1.59. The van der Waals surface area contributed by atoms with E-state index in [0.717, 1.165) is 22.0 Å². The maximum Gasteiger partial charge on any atom is 0.252 e. The van der Waals surface area contributed by atoms with Gasteiger partial charge in [0.2, 0.25) is 0 Å². The van der Waals surface area contributed by atoms with Gasteiger partial charge in [0.15, 0.2) is 0 Å². The van der Waals surface area contributed by atoms with Gasteiger partial charge in [0.25, 0.3) is 5.91 Å². The predicted molar refractivity (Wildman–Crippen MR) is 103 cm³/mol. The topological polar surface area (TPSA) is 47.6 Å². The van der Waals surface area contributed by atoms with Crippen molar-refractivity contribution in [1.82, 2.24) is 5.32 Å². The average molecular weight is 357 g/mol. The number of thioether (sulfide) groups is 1. The van der Waals surface area contributed by atoms with E-state index in [1.807, 2.05) is 55.5 Å². The van der Waals surface area contributed by atoms with Gasteiger partial charge in [-0.15, -0.1) is 18.3 Å². The van der Waals surface area contributed by atoms with Crippen molar-refractivity contribution in [2.45, 2.75) is 17.9 Å². The van der Waals surface area contributed by atoms with E-state index >= 15 is 0 Å². The molecule has 0 unspecified atom stereocenters. The molecule has 0 radical (unpaired) electrons. The Morgan fingerprint density at radius 2 is 2.00 bits per heavy atom. The number of carbonyl (C=O) groups is 1. The van der Waals surface area contributed by atoms with Gasteiger partial charge < -0.3 is 14.8 Å². The standard InChI is InChI=1S/C20H23NO3S/c1-5-12-25-19-9-7-6-8-16(19)20(22)21-14(2)17-13-15(23-3)10-11-18(17)24-4/h5-11,13-14H,1,12H2,2-4H3,(H,21,22)/t14-/m0/s1. The van der Waals surface area contributed by atoms with Crippen molar-refractivity contribution >= 4 is 17.7 Å². The molecule has 2 aromatic rings. The summed E-state index contributed by atoms with van der Waals surface area (Å²) in [7, 11) is 3.23. The zero-order chi connectivity index (χ0) is 18.2. The molecule has 0 aliphatic carbocycles. The molecular weight excluding hydrogens is 334 g/mol. The van der Waals surface area contributed by atoms with Crippen LogP contribution in [-0.4, -0.2) is 25.9 Å². The lowest BCUT2D eigenvalue weighted by Crippen LogP contribution is -2.27. The highest BCUT2D eigenvalue weighted by atomic mass is 32.2. The van der Waals surface area contributed by atoms with Gasteiger partial charge in [-0.1, -0.05) is 18.2 Å². The van der Waals surface area contributed by atoms with Crippen LogP contribution in [-0.2, 0) is 0 Å². The molecule has 0 aliphatic heterocycles. The van der Waals surface area contributed by atoms with Crippen molar-refractivity contribution in [3.8, 4) is 11.5 Å². The molecular formula is C20H23NO3S. The molecule has 1 amide bonds. The number of benzene rings is 2. The molecule has 0 fully saturated rings. The molecule has 0 saturated carbocycles. The quantitative estimate of drug-likeness (QED) is 0.559. The van der Waals surface area contributed by atoms with Crippen molar-refractivity contribution in [3.05, 3.63) is 66.2 Å². The van der Waals surface area contributed by atoms with Crippen molar-refractivity contribution in [1.29, 1.82) is 0 Å². The molecule has 0 aliphatic rings. The van der Waals surface area contributed by atoms with Crippen LogP contribution < -0.4 is 14.8 Å². The molecule has 0 spiro atoms. The Balaban J connectivity index is 2.22. The third kappa shape index (κ3) is 4.79. The number of rotatable bonds is 8. The lowest BCUT2D eigenvalue weighted by molar-refractivity contribution is 0.0936. The summed E-state index contributed by atoms with van der Waals surface area (Å²) in [4.78, 5) is 13.7. The Bertz CT molecular complexity index is 745. The largest absolute Gasteiger partial charge is 0.497 e. The van der Waals surface area contributed by atoms with E-state index in [9.17, 15) is 4.79 Å². The summed E-state index contributed by atoms with van der Waals surface area (Å²) in [6, 6.07) is 12.9. The Hall–Kier alpha value is -2.40. The molecule has 0 heterocycles. The fourth-order valence-electron chi connectivity index (χ4n) is 2.46. The number of amides is 1. The molecule has 0 aromatic heterocycles. The normalized spacial score (nSPS) is 11.5. The lowest BCUT2D eigenvalue weighted by Gasteiger charge is -2.19. The van der Waals surface area contributed by atoms with Crippen LogP contribution in [0.4, 0.5) is 0 Å². The second kappa shape index (κ2) is 9.18. The van der Waals surface area contributed by atoms with Gasteiger partial charge in [-0.05, 0) is 37.3 Å². The third-order valence-corrected chi connectivity index (χ3v) is 4.81. The fourth-order valence-corrected chi connectivity index (χ4v) is 3.25. The van der Waals surface area contributed by atoms with E-state index in [1.54, 1.807) is 26.0 Å². The summed E-state index contributed by atoms with van der Waals surface area (Å²) in [6.45, 7) is 5.65. The zero-order valence-corrected chi connectivity index (χ0v) is 15.6.